The maximum absolute atomic E-state index is 5.91. The third kappa shape index (κ3) is 4.15. The minimum atomic E-state index is 0.295. The highest BCUT2D eigenvalue weighted by atomic mass is 14.6. The van der Waals surface area contributed by atoms with Gasteiger partial charge in [-0.1, -0.05) is 18.1 Å². The molecule has 1 heteroatoms. The predicted molar refractivity (Wildman–Crippen MR) is 57.2 cm³/mol. The van der Waals surface area contributed by atoms with Gasteiger partial charge in [0, 0.05) is 12.5 Å². The molecule has 0 bridgehead atoms. The molecule has 72 valence electrons. The lowest BCUT2D eigenvalue weighted by Crippen LogP contribution is -2.15. The van der Waals surface area contributed by atoms with Crippen molar-refractivity contribution in [2.24, 2.45) is 5.73 Å². The molecule has 0 heterocycles. The summed E-state index contributed by atoms with van der Waals surface area (Å²) in [4.78, 5) is 0. The molecule has 1 atom stereocenters. The lowest BCUT2D eigenvalue weighted by Gasteiger charge is -2.04. The molecule has 1 nitrogen and oxygen atoms in total. The summed E-state index contributed by atoms with van der Waals surface area (Å²) >= 11 is 0. The van der Waals surface area contributed by atoms with E-state index in [9.17, 15) is 0 Å². The van der Waals surface area contributed by atoms with Crippen LogP contribution in [-0.2, 0) is 0 Å². The smallest absolute Gasteiger partial charge is 0.0226 e. The Bertz CT molecular complexity index is 210. The Morgan fingerprint density at radius 1 is 1.54 bits per heavy atom. The average Bonchev–Trinajstić information content (AvgIpc) is 2.31. The topological polar surface area (TPSA) is 26.0 Å². The Kier molecular flexibility index (Phi) is 4.64. The van der Waals surface area contributed by atoms with Crippen LogP contribution >= 0.6 is 0 Å². The van der Waals surface area contributed by atoms with Gasteiger partial charge in [0.15, 0.2) is 0 Å². The third-order valence-electron chi connectivity index (χ3n) is 2.55. The standard InChI is InChI=1S/C12H19N/c1-2-3-4-7-11-8-5-6-9-12(13)10-11/h1,10,12H,3-9,13H2. The molecule has 1 aliphatic rings. The maximum Gasteiger partial charge on any atom is 0.0226 e. The second-order valence-electron chi connectivity index (χ2n) is 3.79. The predicted octanol–water partition coefficient (Wildman–Crippen LogP) is 2.62. The van der Waals surface area contributed by atoms with Crippen LogP contribution < -0.4 is 5.73 Å². The molecule has 0 aliphatic heterocycles. The van der Waals surface area contributed by atoms with Crippen molar-refractivity contribution >= 4 is 0 Å². The number of nitrogens with two attached hydrogens (primary N) is 1. The van der Waals surface area contributed by atoms with Crippen LogP contribution in [0.2, 0.25) is 0 Å². The molecule has 0 spiro atoms. The first-order valence-electron chi connectivity index (χ1n) is 5.21. The number of unbranched alkanes of at least 4 members (excludes halogenated alkanes) is 1. The highest BCUT2D eigenvalue weighted by molar-refractivity contribution is 5.08. The summed E-state index contributed by atoms with van der Waals surface area (Å²) in [7, 11) is 0. The zero-order valence-electron chi connectivity index (χ0n) is 8.26. The Labute approximate surface area is 81.4 Å². The summed E-state index contributed by atoms with van der Waals surface area (Å²) in [6.07, 6.45) is 15.6. The normalized spacial score (nSPS) is 23.1. The van der Waals surface area contributed by atoms with Crippen LogP contribution in [0.4, 0.5) is 0 Å². The first-order valence-corrected chi connectivity index (χ1v) is 5.21. The summed E-state index contributed by atoms with van der Waals surface area (Å²) in [6, 6.07) is 0.295. The Balaban J connectivity index is 2.33. The van der Waals surface area contributed by atoms with Crippen LogP contribution in [0.1, 0.15) is 44.9 Å². The van der Waals surface area contributed by atoms with Gasteiger partial charge in [0.2, 0.25) is 0 Å². The van der Waals surface area contributed by atoms with Gasteiger partial charge >= 0.3 is 0 Å². The summed E-state index contributed by atoms with van der Waals surface area (Å²) in [5, 5.41) is 0. The number of rotatable bonds is 3. The molecular weight excluding hydrogens is 158 g/mol. The average molecular weight is 177 g/mol. The van der Waals surface area contributed by atoms with Crippen molar-refractivity contribution in [2.45, 2.75) is 51.0 Å². The zero-order chi connectivity index (χ0) is 9.52. The van der Waals surface area contributed by atoms with E-state index in [2.05, 4.69) is 12.0 Å². The zero-order valence-corrected chi connectivity index (χ0v) is 8.26. The quantitative estimate of drug-likeness (QED) is 0.400. The fourth-order valence-corrected chi connectivity index (χ4v) is 1.83. The summed E-state index contributed by atoms with van der Waals surface area (Å²) in [6.45, 7) is 0. The van der Waals surface area contributed by atoms with Crippen LogP contribution in [0.3, 0.4) is 0 Å². The number of terminal acetylenes is 1. The van der Waals surface area contributed by atoms with Crippen LogP contribution in [0.25, 0.3) is 0 Å². The molecule has 0 fully saturated rings. The fourth-order valence-electron chi connectivity index (χ4n) is 1.83. The van der Waals surface area contributed by atoms with Crippen LogP contribution in [0, 0.1) is 12.3 Å². The number of hydrogen-bond acceptors (Lipinski definition) is 1. The first-order chi connectivity index (χ1) is 6.33. The van der Waals surface area contributed by atoms with Crippen molar-refractivity contribution in [3.63, 3.8) is 0 Å². The van der Waals surface area contributed by atoms with Crippen LogP contribution in [0.5, 0.6) is 0 Å². The third-order valence-corrected chi connectivity index (χ3v) is 2.55. The Hall–Kier alpha value is -0.740. The molecule has 0 saturated heterocycles. The SMILES string of the molecule is C#CCCCC1=CC(N)CCCC1. The molecule has 0 aromatic carbocycles. The van der Waals surface area contributed by atoms with E-state index < -0.39 is 0 Å². The van der Waals surface area contributed by atoms with Gasteiger partial charge in [0.25, 0.3) is 0 Å². The second-order valence-corrected chi connectivity index (χ2v) is 3.79. The van der Waals surface area contributed by atoms with Gasteiger partial charge in [0.1, 0.15) is 0 Å². The van der Waals surface area contributed by atoms with E-state index in [-0.39, 0.29) is 0 Å². The minimum absolute atomic E-state index is 0.295. The molecule has 0 saturated carbocycles. The molecule has 0 amide bonds. The van der Waals surface area contributed by atoms with Gasteiger partial charge in [-0.3, -0.25) is 0 Å². The molecule has 1 rings (SSSR count). The van der Waals surface area contributed by atoms with E-state index in [0.717, 1.165) is 25.7 Å². The molecule has 1 aliphatic carbocycles. The van der Waals surface area contributed by atoms with Gasteiger partial charge < -0.3 is 5.73 Å². The fraction of sp³-hybridized carbons (Fsp3) is 0.667. The summed E-state index contributed by atoms with van der Waals surface area (Å²) in [5.74, 6) is 2.68. The lowest BCUT2D eigenvalue weighted by molar-refractivity contribution is 0.652. The summed E-state index contributed by atoms with van der Waals surface area (Å²) < 4.78 is 0. The van der Waals surface area contributed by atoms with E-state index >= 15 is 0 Å². The lowest BCUT2D eigenvalue weighted by atomic mass is 10.0. The molecular formula is C12H19N. The Morgan fingerprint density at radius 2 is 2.38 bits per heavy atom. The van der Waals surface area contributed by atoms with Crippen LogP contribution in [-0.4, -0.2) is 6.04 Å². The number of allylic oxidation sites excluding steroid dienone is 1. The Morgan fingerprint density at radius 3 is 3.15 bits per heavy atom. The molecule has 2 N–H and O–H groups in total. The number of hydrogen-bond donors (Lipinski definition) is 1. The largest absolute Gasteiger partial charge is 0.324 e. The van der Waals surface area contributed by atoms with Gasteiger partial charge in [-0.25, -0.2) is 0 Å². The van der Waals surface area contributed by atoms with Crippen molar-refractivity contribution in [2.75, 3.05) is 0 Å². The van der Waals surface area contributed by atoms with Crippen molar-refractivity contribution in [3.8, 4) is 12.3 Å². The van der Waals surface area contributed by atoms with Gasteiger partial charge in [0.05, 0.1) is 0 Å². The summed E-state index contributed by atoms with van der Waals surface area (Å²) in [5.41, 5.74) is 7.44. The van der Waals surface area contributed by atoms with Gasteiger partial charge in [-0.15, -0.1) is 12.3 Å². The molecule has 1 unspecified atom stereocenters. The maximum atomic E-state index is 5.91. The first kappa shape index (κ1) is 10.3. The molecule has 0 aromatic rings. The minimum Gasteiger partial charge on any atom is -0.324 e. The van der Waals surface area contributed by atoms with Crippen molar-refractivity contribution in [1.82, 2.24) is 0 Å². The molecule has 0 radical (unpaired) electrons. The highest BCUT2D eigenvalue weighted by Gasteiger charge is 2.07. The van der Waals surface area contributed by atoms with E-state index in [1.165, 1.54) is 24.8 Å². The van der Waals surface area contributed by atoms with E-state index in [1.807, 2.05) is 0 Å². The van der Waals surface area contributed by atoms with E-state index in [4.69, 9.17) is 12.2 Å². The van der Waals surface area contributed by atoms with Gasteiger partial charge in [-0.2, -0.15) is 0 Å². The van der Waals surface area contributed by atoms with Crippen molar-refractivity contribution in [3.05, 3.63) is 11.6 Å². The van der Waals surface area contributed by atoms with Crippen molar-refractivity contribution in [1.29, 1.82) is 0 Å². The highest BCUT2D eigenvalue weighted by Crippen LogP contribution is 2.20. The molecule has 13 heavy (non-hydrogen) atoms. The second kappa shape index (κ2) is 5.83. The molecule has 0 aromatic heterocycles. The monoisotopic (exact) mass is 177 g/mol. The van der Waals surface area contributed by atoms with E-state index in [1.54, 1.807) is 0 Å². The van der Waals surface area contributed by atoms with Crippen molar-refractivity contribution < 1.29 is 0 Å². The van der Waals surface area contributed by atoms with Crippen LogP contribution in [0.15, 0.2) is 11.6 Å². The van der Waals surface area contributed by atoms with Gasteiger partial charge in [-0.05, 0) is 32.1 Å². The van der Waals surface area contributed by atoms with E-state index in [0.29, 0.717) is 6.04 Å².